The molecule has 0 aliphatic heterocycles. The lowest BCUT2D eigenvalue weighted by Crippen LogP contribution is -2.56. The number of carbonyl (C=O) groups is 3. The van der Waals surface area contributed by atoms with E-state index in [1.54, 1.807) is 39.0 Å². The molecule has 3 N–H and O–H groups in total. The van der Waals surface area contributed by atoms with Crippen molar-refractivity contribution in [3.05, 3.63) is 42.5 Å². The van der Waals surface area contributed by atoms with Crippen LogP contribution in [0.4, 0.5) is 10.5 Å². The maximum Gasteiger partial charge on any atom is 0.408 e. The van der Waals surface area contributed by atoms with Crippen molar-refractivity contribution >= 4 is 23.6 Å². The second-order valence-corrected chi connectivity index (χ2v) is 7.96. The van der Waals surface area contributed by atoms with Crippen molar-refractivity contribution in [3.63, 3.8) is 0 Å². The first-order valence-electron chi connectivity index (χ1n) is 9.82. The SMILES string of the molecule is C=CC(=O)Nc1cccc(CC(=O)NCC(CC)(CC)NC(=O)OC(C)(C)C)c1. The van der Waals surface area contributed by atoms with Gasteiger partial charge in [0.05, 0.1) is 12.0 Å². The van der Waals surface area contributed by atoms with Gasteiger partial charge in [0, 0.05) is 12.2 Å². The Morgan fingerprint density at radius 2 is 1.79 bits per heavy atom. The van der Waals surface area contributed by atoms with E-state index in [0.29, 0.717) is 25.1 Å². The van der Waals surface area contributed by atoms with Crippen LogP contribution in [0.3, 0.4) is 0 Å². The number of anilines is 1. The molecule has 3 amide bonds. The number of nitrogens with one attached hydrogen (secondary N) is 3. The van der Waals surface area contributed by atoms with E-state index >= 15 is 0 Å². The van der Waals surface area contributed by atoms with E-state index in [9.17, 15) is 14.4 Å². The fourth-order valence-corrected chi connectivity index (χ4v) is 2.71. The van der Waals surface area contributed by atoms with Crippen LogP contribution in [0, 0.1) is 0 Å². The molecule has 0 aromatic heterocycles. The summed E-state index contributed by atoms with van der Waals surface area (Å²) in [5.41, 5.74) is 0.191. The van der Waals surface area contributed by atoms with Crippen molar-refractivity contribution in [2.45, 2.75) is 65.0 Å². The Hall–Kier alpha value is -2.83. The molecule has 0 bridgehead atoms. The Balaban J connectivity index is 2.70. The van der Waals surface area contributed by atoms with Gasteiger partial charge < -0.3 is 20.7 Å². The van der Waals surface area contributed by atoms with E-state index in [-0.39, 0.29) is 18.2 Å². The van der Waals surface area contributed by atoms with Gasteiger partial charge in [-0.2, -0.15) is 0 Å². The van der Waals surface area contributed by atoms with E-state index in [2.05, 4.69) is 22.5 Å². The topological polar surface area (TPSA) is 96.5 Å². The summed E-state index contributed by atoms with van der Waals surface area (Å²) in [6.07, 6.45) is 2.14. The molecule has 0 heterocycles. The van der Waals surface area contributed by atoms with Gasteiger partial charge in [-0.3, -0.25) is 9.59 Å². The predicted octanol–water partition coefficient (Wildman–Crippen LogP) is 3.55. The summed E-state index contributed by atoms with van der Waals surface area (Å²) < 4.78 is 5.35. The second-order valence-electron chi connectivity index (χ2n) is 7.96. The molecule has 0 atom stereocenters. The molecule has 0 radical (unpaired) electrons. The number of amides is 3. The molecule has 1 aromatic rings. The van der Waals surface area contributed by atoms with Gasteiger partial charge in [0.15, 0.2) is 0 Å². The van der Waals surface area contributed by atoms with Gasteiger partial charge in [0.2, 0.25) is 11.8 Å². The molecule has 7 heteroatoms. The number of benzene rings is 1. The fourth-order valence-electron chi connectivity index (χ4n) is 2.71. The summed E-state index contributed by atoms with van der Waals surface area (Å²) in [5, 5.41) is 8.48. The minimum atomic E-state index is -0.591. The second kappa shape index (κ2) is 10.6. The Labute approximate surface area is 173 Å². The normalized spacial score (nSPS) is 11.3. The van der Waals surface area contributed by atoms with E-state index in [4.69, 9.17) is 4.74 Å². The van der Waals surface area contributed by atoms with Crippen LogP contribution < -0.4 is 16.0 Å². The summed E-state index contributed by atoms with van der Waals surface area (Å²) in [4.78, 5) is 36.0. The maximum atomic E-state index is 12.4. The highest BCUT2D eigenvalue weighted by molar-refractivity contribution is 5.98. The first-order chi connectivity index (χ1) is 13.5. The molecule has 0 aliphatic carbocycles. The molecule has 0 fully saturated rings. The summed E-state index contributed by atoms with van der Waals surface area (Å²) in [5.74, 6) is -0.482. The lowest BCUT2D eigenvalue weighted by molar-refractivity contribution is -0.120. The molecular formula is C22H33N3O4. The Bertz CT molecular complexity index is 734. The van der Waals surface area contributed by atoms with E-state index < -0.39 is 17.2 Å². The summed E-state index contributed by atoms with van der Waals surface area (Å²) in [7, 11) is 0. The molecule has 0 aliphatic rings. The number of ether oxygens (including phenoxy) is 1. The van der Waals surface area contributed by atoms with E-state index in [1.165, 1.54) is 6.08 Å². The van der Waals surface area contributed by atoms with Gasteiger partial charge in [0.1, 0.15) is 5.60 Å². The quantitative estimate of drug-likeness (QED) is 0.549. The van der Waals surface area contributed by atoms with E-state index in [0.717, 1.165) is 5.56 Å². The summed E-state index contributed by atoms with van der Waals surface area (Å²) in [6.45, 7) is 13.0. The number of rotatable bonds is 9. The zero-order chi connectivity index (χ0) is 22.1. The van der Waals surface area contributed by atoms with Crippen molar-refractivity contribution in [2.75, 3.05) is 11.9 Å². The first kappa shape index (κ1) is 24.2. The van der Waals surface area contributed by atoms with Crippen LogP contribution in [0.5, 0.6) is 0 Å². The van der Waals surface area contributed by atoms with Gasteiger partial charge in [-0.05, 0) is 57.4 Å². The monoisotopic (exact) mass is 403 g/mol. The first-order valence-corrected chi connectivity index (χ1v) is 9.82. The molecule has 0 saturated carbocycles. The van der Waals surface area contributed by atoms with Gasteiger partial charge >= 0.3 is 6.09 Å². The van der Waals surface area contributed by atoms with Gasteiger partial charge in [0.25, 0.3) is 0 Å². The fraction of sp³-hybridized carbons (Fsp3) is 0.500. The van der Waals surface area contributed by atoms with Gasteiger partial charge in [-0.15, -0.1) is 0 Å². The minimum absolute atomic E-state index is 0.160. The summed E-state index contributed by atoms with van der Waals surface area (Å²) in [6, 6.07) is 7.07. The molecule has 0 saturated heterocycles. The number of alkyl carbamates (subject to hydrolysis) is 1. The standard InChI is InChI=1S/C22H33N3O4/c1-7-18(26)24-17-12-10-11-16(13-17)14-19(27)23-15-22(8-2,9-3)25-20(28)29-21(4,5)6/h7,10-13H,1,8-9,14-15H2,2-6H3,(H,23,27)(H,24,26)(H,25,28). The number of hydrogen-bond acceptors (Lipinski definition) is 4. The molecule has 0 spiro atoms. The van der Waals surface area contributed by atoms with Crippen molar-refractivity contribution in [1.82, 2.24) is 10.6 Å². The molecule has 29 heavy (non-hydrogen) atoms. The summed E-state index contributed by atoms with van der Waals surface area (Å²) >= 11 is 0. The Morgan fingerprint density at radius 1 is 1.14 bits per heavy atom. The van der Waals surface area contributed by atoms with E-state index in [1.807, 2.05) is 19.9 Å². The van der Waals surface area contributed by atoms with Crippen molar-refractivity contribution < 1.29 is 19.1 Å². The maximum absolute atomic E-state index is 12.4. The largest absolute Gasteiger partial charge is 0.444 e. The third kappa shape index (κ3) is 8.81. The molecule has 160 valence electrons. The third-order valence-electron chi connectivity index (χ3n) is 4.49. The zero-order valence-electron chi connectivity index (χ0n) is 18.1. The average Bonchev–Trinajstić information content (AvgIpc) is 2.64. The molecule has 7 nitrogen and oxygen atoms in total. The van der Waals surface area contributed by atoms with Gasteiger partial charge in [-0.1, -0.05) is 32.6 Å². The van der Waals surface area contributed by atoms with Crippen LogP contribution in [0.15, 0.2) is 36.9 Å². The van der Waals surface area contributed by atoms with Crippen LogP contribution >= 0.6 is 0 Å². The molecule has 0 unspecified atom stereocenters. The number of carbonyl (C=O) groups excluding carboxylic acids is 3. The molecule has 1 aromatic carbocycles. The predicted molar refractivity (Wildman–Crippen MR) is 115 cm³/mol. The lowest BCUT2D eigenvalue weighted by atomic mass is 9.92. The number of hydrogen-bond donors (Lipinski definition) is 3. The van der Waals surface area contributed by atoms with Crippen LogP contribution in [0.1, 0.15) is 53.0 Å². The van der Waals surface area contributed by atoms with Crippen LogP contribution in [0.25, 0.3) is 0 Å². The highest BCUT2D eigenvalue weighted by Crippen LogP contribution is 2.17. The third-order valence-corrected chi connectivity index (χ3v) is 4.49. The average molecular weight is 404 g/mol. The lowest BCUT2D eigenvalue weighted by Gasteiger charge is -2.34. The molecular weight excluding hydrogens is 370 g/mol. The Kier molecular flexibility index (Phi) is 8.88. The van der Waals surface area contributed by atoms with Crippen molar-refractivity contribution in [1.29, 1.82) is 0 Å². The van der Waals surface area contributed by atoms with Crippen molar-refractivity contribution in [3.8, 4) is 0 Å². The smallest absolute Gasteiger partial charge is 0.408 e. The zero-order valence-corrected chi connectivity index (χ0v) is 18.1. The van der Waals surface area contributed by atoms with Crippen LogP contribution in [0.2, 0.25) is 0 Å². The van der Waals surface area contributed by atoms with Gasteiger partial charge in [-0.25, -0.2) is 4.79 Å². The minimum Gasteiger partial charge on any atom is -0.444 e. The molecule has 1 rings (SSSR count). The van der Waals surface area contributed by atoms with Crippen LogP contribution in [-0.4, -0.2) is 35.6 Å². The highest BCUT2D eigenvalue weighted by Gasteiger charge is 2.30. The highest BCUT2D eigenvalue weighted by atomic mass is 16.6. The van der Waals surface area contributed by atoms with Crippen LogP contribution in [-0.2, 0) is 20.7 Å². The van der Waals surface area contributed by atoms with Crippen molar-refractivity contribution in [2.24, 2.45) is 0 Å². The Morgan fingerprint density at radius 3 is 2.34 bits per heavy atom.